The zero-order valence-electron chi connectivity index (χ0n) is 10.6. The van der Waals surface area contributed by atoms with Crippen LogP contribution in [0.25, 0.3) is 10.8 Å². The Labute approximate surface area is 112 Å². The van der Waals surface area contributed by atoms with Crippen LogP contribution in [0.4, 0.5) is 11.4 Å². The highest BCUT2D eigenvalue weighted by molar-refractivity contribution is 7.88. The lowest BCUT2D eigenvalue weighted by Crippen LogP contribution is -2.27. The third-order valence-electron chi connectivity index (χ3n) is 2.67. The summed E-state index contributed by atoms with van der Waals surface area (Å²) in [6.07, 6.45) is 4.57. The molecule has 0 atom stereocenters. The van der Waals surface area contributed by atoms with E-state index in [0.29, 0.717) is 18.8 Å². The molecule has 0 fully saturated rings. The average Bonchev–Trinajstić information content (AvgIpc) is 2.36. The predicted octanol–water partition coefficient (Wildman–Crippen LogP) is 0.778. The highest BCUT2D eigenvalue weighted by Gasteiger charge is 2.04. The molecule has 0 aliphatic carbocycles. The molecule has 1 aromatic heterocycles. The average molecular weight is 280 g/mol. The monoisotopic (exact) mass is 280 g/mol. The van der Waals surface area contributed by atoms with Crippen LogP contribution in [0.15, 0.2) is 30.6 Å². The Kier molecular flexibility index (Phi) is 3.87. The third kappa shape index (κ3) is 3.55. The van der Waals surface area contributed by atoms with Crippen molar-refractivity contribution in [1.82, 2.24) is 9.71 Å². The number of benzene rings is 1. The van der Waals surface area contributed by atoms with Gasteiger partial charge in [-0.05, 0) is 12.1 Å². The standard InChI is InChI=1S/C12H16N4O2S/c1-19(17,18)16-7-6-15-11-3-2-9-8-14-5-4-10(9)12(11)13/h2-5,8,15-16H,6-7,13H2,1H3. The summed E-state index contributed by atoms with van der Waals surface area (Å²) in [6.45, 7) is 0.778. The molecule has 6 nitrogen and oxygen atoms in total. The summed E-state index contributed by atoms with van der Waals surface area (Å²) in [7, 11) is -3.15. The van der Waals surface area contributed by atoms with Gasteiger partial charge in [0.15, 0.2) is 0 Å². The Bertz CT molecular complexity index is 685. The van der Waals surface area contributed by atoms with Gasteiger partial charge in [0, 0.05) is 36.3 Å². The number of pyridine rings is 1. The molecule has 1 heterocycles. The van der Waals surface area contributed by atoms with E-state index in [9.17, 15) is 8.42 Å². The van der Waals surface area contributed by atoms with Crippen molar-refractivity contribution in [2.75, 3.05) is 30.4 Å². The molecular formula is C12H16N4O2S. The Morgan fingerprint density at radius 1 is 1.26 bits per heavy atom. The van der Waals surface area contributed by atoms with E-state index in [1.807, 2.05) is 18.2 Å². The maximum atomic E-state index is 10.9. The van der Waals surface area contributed by atoms with Crippen LogP contribution in [0.3, 0.4) is 0 Å². The van der Waals surface area contributed by atoms with Gasteiger partial charge >= 0.3 is 0 Å². The first kappa shape index (κ1) is 13.6. The Balaban J connectivity index is 2.07. The van der Waals surface area contributed by atoms with Gasteiger partial charge in [-0.2, -0.15) is 0 Å². The fraction of sp³-hybridized carbons (Fsp3) is 0.250. The van der Waals surface area contributed by atoms with Crippen LogP contribution in [0, 0.1) is 0 Å². The van der Waals surface area contributed by atoms with Crippen molar-refractivity contribution in [3.8, 4) is 0 Å². The number of nitrogens with two attached hydrogens (primary N) is 1. The molecule has 0 aliphatic heterocycles. The SMILES string of the molecule is CS(=O)(=O)NCCNc1ccc2cnccc2c1N. The van der Waals surface area contributed by atoms with E-state index in [0.717, 1.165) is 22.7 Å². The van der Waals surface area contributed by atoms with Crippen LogP contribution >= 0.6 is 0 Å². The molecule has 0 aliphatic rings. The minimum Gasteiger partial charge on any atom is -0.397 e. The van der Waals surface area contributed by atoms with E-state index in [1.54, 1.807) is 12.4 Å². The number of hydrogen-bond donors (Lipinski definition) is 3. The highest BCUT2D eigenvalue weighted by atomic mass is 32.2. The molecule has 0 radical (unpaired) electrons. The Morgan fingerprint density at radius 2 is 2.05 bits per heavy atom. The smallest absolute Gasteiger partial charge is 0.208 e. The van der Waals surface area contributed by atoms with Crippen molar-refractivity contribution < 1.29 is 8.42 Å². The van der Waals surface area contributed by atoms with Crippen molar-refractivity contribution in [2.24, 2.45) is 0 Å². The maximum absolute atomic E-state index is 10.9. The molecule has 0 spiro atoms. The number of nitrogens with zero attached hydrogens (tertiary/aromatic N) is 1. The van der Waals surface area contributed by atoms with Crippen LogP contribution in [0.1, 0.15) is 0 Å². The number of rotatable bonds is 5. The Hall–Kier alpha value is -1.86. The lowest BCUT2D eigenvalue weighted by Gasteiger charge is -2.11. The van der Waals surface area contributed by atoms with Crippen molar-refractivity contribution in [1.29, 1.82) is 0 Å². The fourth-order valence-corrected chi connectivity index (χ4v) is 2.25. The molecular weight excluding hydrogens is 264 g/mol. The second kappa shape index (κ2) is 5.41. The van der Waals surface area contributed by atoms with Crippen LogP contribution < -0.4 is 15.8 Å². The van der Waals surface area contributed by atoms with Crippen molar-refractivity contribution >= 4 is 32.2 Å². The van der Waals surface area contributed by atoms with Gasteiger partial charge in [0.1, 0.15) is 0 Å². The zero-order valence-corrected chi connectivity index (χ0v) is 11.4. The topological polar surface area (TPSA) is 97.1 Å². The summed E-state index contributed by atoms with van der Waals surface area (Å²) in [5, 5.41) is 5.00. The second-order valence-electron chi connectivity index (χ2n) is 4.22. The van der Waals surface area contributed by atoms with Gasteiger partial charge in [-0.3, -0.25) is 4.98 Å². The minimum absolute atomic E-state index is 0.312. The van der Waals surface area contributed by atoms with E-state index >= 15 is 0 Å². The number of anilines is 2. The first-order valence-corrected chi connectivity index (χ1v) is 7.67. The summed E-state index contributed by atoms with van der Waals surface area (Å²) in [6, 6.07) is 5.63. The van der Waals surface area contributed by atoms with Crippen molar-refractivity contribution in [3.63, 3.8) is 0 Å². The number of fused-ring (bicyclic) bond motifs is 1. The first-order chi connectivity index (χ1) is 8.97. The lowest BCUT2D eigenvalue weighted by molar-refractivity contribution is 0.589. The highest BCUT2D eigenvalue weighted by Crippen LogP contribution is 2.27. The number of hydrogen-bond acceptors (Lipinski definition) is 5. The molecule has 0 bridgehead atoms. The van der Waals surface area contributed by atoms with Gasteiger partial charge in [0.2, 0.25) is 10.0 Å². The van der Waals surface area contributed by atoms with Gasteiger partial charge in [-0.25, -0.2) is 13.1 Å². The molecule has 0 amide bonds. The molecule has 4 N–H and O–H groups in total. The largest absolute Gasteiger partial charge is 0.397 e. The normalized spacial score (nSPS) is 11.6. The second-order valence-corrected chi connectivity index (χ2v) is 6.05. The van der Waals surface area contributed by atoms with E-state index in [4.69, 9.17) is 5.73 Å². The molecule has 1 aromatic carbocycles. The molecule has 2 rings (SSSR count). The van der Waals surface area contributed by atoms with E-state index < -0.39 is 10.0 Å². The number of nitrogens with one attached hydrogen (secondary N) is 2. The molecule has 19 heavy (non-hydrogen) atoms. The molecule has 0 unspecified atom stereocenters. The van der Waals surface area contributed by atoms with E-state index in [1.165, 1.54) is 0 Å². The number of sulfonamides is 1. The maximum Gasteiger partial charge on any atom is 0.208 e. The first-order valence-electron chi connectivity index (χ1n) is 5.78. The van der Waals surface area contributed by atoms with Gasteiger partial charge < -0.3 is 11.1 Å². The summed E-state index contributed by atoms with van der Waals surface area (Å²) >= 11 is 0. The molecule has 102 valence electrons. The van der Waals surface area contributed by atoms with Gasteiger partial charge in [0.25, 0.3) is 0 Å². The predicted molar refractivity (Wildman–Crippen MR) is 77.5 cm³/mol. The van der Waals surface area contributed by atoms with E-state index in [2.05, 4.69) is 15.0 Å². The van der Waals surface area contributed by atoms with E-state index in [-0.39, 0.29) is 0 Å². The van der Waals surface area contributed by atoms with Gasteiger partial charge in [0.05, 0.1) is 17.6 Å². The number of nitrogen functional groups attached to an aromatic ring is 1. The van der Waals surface area contributed by atoms with Crippen molar-refractivity contribution in [2.45, 2.75) is 0 Å². The van der Waals surface area contributed by atoms with Gasteiger partial charge in [-0.15, -0.1) is 0 Å². The van der Waals surface area contributed by atoms with Crippen LogP contribution in [0.5, 0.6) is 0 Å². The zero-order chi connectivity index (χ0) is 13.9. The van der Waals surface area contributed by atoms with Crippen LogP contribution in [-0.2, 0) is 10.0 Å². The lowest BCUT2D eigenvalue weighted by atomic mass is 10.1. The summed E-state index contributed by atoms with van der Waals surface area (Å²) < 4.78 is 24.2. The molecule has 0 saturated heterocycles. The van der Waals surface area contributed by atoms with Gasteiger partial charge in [-0.1, -0.05) is 6.07 Å². The summed E-state index contributed by atoms with van der Waals surface area (Å²) in [4.78, 5) is 4.03. The number of aromatic nitrogens is 1. The third-order valence-corrected chi connectivity index (χ3v) is 3.39. The quantitative estimate of drug-likeness (QED) is 0.555. The minimum atomic E-state index is -3.15. The Morgan fingerprint density at radius 3 is 2.79 bits per heavy atom. The van der Waals surface area contributed by atoms with Crippen LogP contribution in [0.2, 0.25) is 0 Å². The van der Waals surface area contributed by atoms with Crippen molar-refractivity contribution in [3.05, 3.63) is 30.6 Å². The summed E-state index contributed by atoms with van der Waals surface area (Å²) in [5.74, 6) is 0. The molecule has 2 aromatic rings. The molecule has 0 saturated carbocycles. The van der Waals surface area contributed by atoms with Crippen LogP contribution in [-0.4, -0.2) is 32.7 Å². The summed E-state index contributed by atoms with van der Waals surface area (Å²) in [5.41, 5.74) is 7.48. The fourth-order valence-electron chi connectivity index (χ4n) is 1.78. The molecule has 7 heteroatoms.